The highest BCUT2D eigenvalue weighted by molar-refractivity contribution is 6.09. The standard InChI is InChI=1S/C25H24FNO/c1-27(22-15-6-5-11-18(22)17-9-3-2-4-10-17)23-16-8-13-20-19-12-7-14-21(26)24(19)28-25(20)23/h5-8,11-17H,2-4,9-10H2,1H3. The SMILES string of the molecule is CN(c1ccccc1C1CCCCC1)c1cccc2c1oc1c(F)cccc12. The average Bonchev–Trinajstić information content (AvgIpc) is 3.14. The van der Waals surface area contributed by atoms with Crippen LogP contribution in [0.1, 0.15) is 43.6 Å². The van der Waals surface area contributed by atoms with Gasteiger partial charge in [0.15, 0.2) is 17.0 Å². The minimum Gasteiger partial charge on any atom is -0.451 e. The van der Waals surface area contributed by atoms with Crippen LogP contribution in [0.15, 0.2) is 65.1 Å². The predicted molar refractivity (Wildman–Crippen MR) is 114 cm³/mol. The third kappa shape index (κ3) is 2.77. The quantitative estimate of drug-likeness (QED) is 0.369. The summed E-state index contributed by atoms with van der Waals surface area (Å²) in [6.45, 7) is 0. The van der Waals surface area contributed by atoms with Crippen LogP contribution in [0.25, 0.3) is 21.9 Å². The minimum atomic E-state index is -0.315. The fraction of sp³-hybridized carbons (Fsp3) is 0.280. The molecule has 0 bridgehead atoms. The van der Waals surface area contributed by atoms with Crippen LogP contribution in [-0.2, 0) is 0 Å². The van der Waals surface area contributed by atoms with E-state index in [0.717, 1.165) is 22.0 Å². The molecule has 1 fully saturated rings. The highest BCUT2D eigenvalue weighted by Crippen LogP contribution is 2.42. The molecule has 0 radical (unpaired) electrons. The highest BCUT2D eigenvalue weighted by atomic mass is 19.1. The lowest BCUT2D eigenvalue weighted by atomic mass is 9.83. The first-order chi connectivity index (χ1) is 13.7. The summed E-state index contributed by atoms with van der Waals surface area (Å²) in [5, 5.41) is 1.78. The fourth-order valence-corrected chi connectivity index (χ4v) is 4.72. The van der Waals surface area contributed by atoms with E-state index in [1.807, 2.05) is 18.2 Å². The molecule has 1 saturated carbocycles. The summed E-state index contributed by atoms with van der Waals surface area (Å²) in [6, 6.07) is 19.9. The lowest BCUT2D eigenvalue weighted by Gasteiger charge is -2.29. The summed E-state index contributed by atoms with van der Waals surface area (Å²) in [4.78, 5) is 2.20. The van der Waals surface area contributed by atoms with Crippen molar-refractivity contribution in [1.29, 1.82) is 0 Å². The van der Waals surface area contributed by atoms with Gasteiger partial charge in [0.1, 0.15) is 0 Å². The zero-order valence-corrected chi connectivity index (χ0v) is 16.1. The van der Waals surface area contributed by atoms with Crippen LogP contribution in [0.5, 0.6) is 0 Å². The third-order valence-electron chi connectivity index (χ3n) is 6.16. The van der Waals surface area contributed by atoms with Gasteiger partial charge in [0, 0.05) is 23.5 Å². The van der Waals surface area contributed by atoms with E-state index >= 15 is 0 Å². The molecule has 0 amide bonds. The number of para-hydroxylation sites is 3. The Morgan fingerprint density at radius 3 is 2.29 bits per heavy atom. The number of hydrogen-bond acceptors (Lipinski definition) is 2. The van der Waals surface area contributed by atoms with E-state index in [4.69, 9.17) is 4.42 Å². The molecule has 1 aliphatic rings. The molecular formula is C25H24FNO. The molecule has 0 saturated heterocycles. The van der Waals surface area contributed by atoms with Gasteiger partial charge in [0.25, 0.3) is 0 Å². The molecule has 0 aliphatic heterocycles. The van der Waals surface area contributed by atoms with Crippen LogP contribution in [-0.4, -0.2) is 7.05 Å². The van der Waals surface area contributed by atoms with E-state index in [9.17, 15) is 4.39 Å². The van der Waals surface area contributed by atoms with Crippen LogP contribution in [0.3, 0.4) is 0 Å². The molecule has 142 valence electrons. The zero-order chi connectivity index (χ0) is 19.1. The number of nitrogens with zero attached hydrogens (tertiary/aromatic N) is 1. The smallest absolute Gasteiger partial charge is 0.171 e. The Kier molecular flexibility index (Phi) is 4.31. The normalized spacial score (nSPS) is 15.4. The molecule has 3 heteroatoms. The lowest BCUT2D eigenvalue weighted by Crippen LogP contribution is -2.15. The van der Waals surface area contributed by atoms with Gasteiger partial charge in [-0.25, -0.2) is 4.39 Å². The monoisotopic (exact) mass is 373 g/mol. The van der Waals surface area contributed by atoms with Crippen LogP contribution >= 0.6 is 0 Å². The Morgan fingerprint density at radius 1 is 0.786 bits per heavy atom. The van der Waals surface area contributed by atoms with Gasteiger partial charge in [-0.15, -0.1) is 0 Å². The van der Waals surface area contributed by atoms with Crippen LogP contribution in [0.4, 0.5) is 15.8 Å². The number of rotatable bonds is 3. The second-order valence-electron chi connectivity index (χ2n) is 7.83. The Hall–Kier alpha value is -2.81. The third-order valence-corrected chi connectivity index (χ3v) is 6.16. The average molecular weight is 373 g/mol. The van der Waals surface area contributed by atoms with Gasteiger partial charge >= 0.3 is 0 Å². The molecule has 1 aromatic heterocycles. The predicted octanol–water partition coefficient (Wildman–Crippen LogP) is 7.54. The van der Waals surface area contributed by atoms with Gasteiger partial charge in [-0.05, 0) is 42.5 Å². The molecule has 3 aromatic carbocycles. The molecular weight excluding hydrogens is 349 g/mol. The summed E-state index contributed by atoms with van der Waals surface area (Å²) in [5.41, 5.74) is 4.66. The minimum absolute atomic E-state index is 0.315. The summed E-state index contributed by atoms with van der Waals surface area (Å²) < 4.78 is 20.3. The van der Waals surface area contributed by atoms with Gasteiger partial charge in [0.05, 0.1) is 5.69 Å². The molecule has 0 unspecified atom stereocenters. The number of anilines is 2. The van der Waals surface area contributed by atoms with Gasteiger partial charge in [-0.1, -0.05) is 61.7 Å². The summed E-state index contributed by atoms with van der Waals surface area (Å²) in [6.07, 6.45) is 6.47. The van der Waals surface area contributed by atoms with Gasteiger partial charge in [-0.2, -0.15) is 0 Å². The maximum atomic E-state index is 14.3. The maximum Gasteiger partial charge on any atom is 0.171 e. The van der Waals surface area contributed by atoms with Crippen LogP contribution in [0.2, 0.25) is 0 Å². The van der Waals surface area contributed by atoms with Crippen molar-refractivity contribution < 1.29 is 8.81 Å². The van der Waals surface area contributed by atoms with Crippen LogP contribution in [0, 0.1) is 5.82 Å². The van der Waals surface area contributed by atoms with E-state index in [1.54, 1.807) is 6.07 Å². The van der Waals surface area contributed by atoms with Crippen molar-refractivity contribution >= 4 is 33.3 Å². The molecule has 0 atom stereocenters. The van der Waals surface area contributed by atoms with E-state index < -0.39 is 0 Å². The van der Waals surface area contributed by atoms with E-state index in [2.05, 4.69) is 42.3 Å². The van der Waals surface area contributed by atoms with Crippen molar-refractivity contribution in [2.45, 2.75) is 38.0 Å². The largest absolute Gasteiger partial charge is 0.451 e. The first kappa shape index (κ1) is 17.3. The van der Waals surface area contributed by atoms with E-state index in [0.29, 0.717) is 11.5 Å². The van der Waals surface area contributed by atoms with Crippen molar-refractivity contribution in [1.82, 2.24) is 0 Å². The van der Waals surface area contributed by atoms with Crippen LogP contribution < -0.4 is 4.90 Å². The van der Waals surface area contributed by atoms with Crippen molar-refractivity contribution in [3.63, 3.8) is 0 Å². The number of hydrogen-bond donors (Lipinski definition) is 0. The van der Waals surface area contributed by atoms with Crippen molar-refractivity contribution in [3.05, 3.63) is 72.0 Å². The Morgan fingerprint density at radius 2 is 1.46 bits per heavy atom. The molecule has 0 N–H and O–H groups in total. The Labute approximate surface area is 164 Å². The van der Waals surface area contributed by atoms with Crippen molar-refractivity contribution in [2.75, 3.05) is 11.9 Å². The highest BCUT2D eigenvalue weighted by Gasteiger charge is 2.22. The van der Waals surface area contributed by atoms with Crippen molar-refractivity contribution in [2.24, 2.45) is 0 Å². The number of fused-ring (bicyclic) bond motifs is 3. The van der Waals surface area contributed by atoms with Gasteiger partial charge in [-0.3, -0.25) is 0 Å². The van der Waals surface area contributed by atoms with E-state index in [1.165, 1.54) is 49.4 Å². The summed E-state index contributed by atoms with van der Waals surface area (Å²) in [7, 11) is 2.08. The molecule has 1 heterocycles. The fourth-order valence-electron chi connectivity index (χ4n) is 4.72. The molecule has 0 spiro atoms. The van der Waals surface area contributed by atoms with Crippen molar-refractivity contribution in [3.8, 4) is 0 Å². The Bertz CT molecular complexity index is 1140. The summed E-state index contributed by atoms with van der Waals surface area (Å²) >= 11 is 0. The topological polar surface area (TPSA) is 16.4 Å². The van der Waals surface area contributed by atoms with E-state index in [-0.39, 0.29) is 5.82 Å². The zero-order valence-electron chi connectivity index (χ0n) is 16.1. The second-order valence-corrected chi connectivity index (χ2v) is 7.83. The summed E-state index contributed by atoms with van der Waals surface area (Å²) in [5.74, 6) is 0.296. The molecule has 28 heavy (non-hydrogen) atoms. The molecule has 1 aliphatic carbocycles. The molecule has 4 aromatic rings. The number of benzene rings is 3. The first-order valence-corrected chi connectivity index (χ1v) is 10.2. The molecule has 5 rings (SSSR count). The van der Waals surface area contributed by atoms with Gasteiger partial charge < -0.3 is 9.32 Å². The lowest BCUT2D eigenvalue weighted by molar-refractivity contribution is 0.444. The molecule has 2 nitrogen and oxygen atoms in total. The number of halogens is 1. The van der Waals surface area contributed by atoms with Gasteiger partial charge in [0.2, 0.25) is 0 Å². The second kappa shape index (κ2) is 6.97. The Balaban J connectivity index is 1.65. The maximum absolute atomic E-state index is 14.3. The number of furan rings is 1. The first-order valence-electron chi connectivity index (χ1n) is 10.2.